The highest BCUT2D eigenvalue weighted by Gasteiger charge is 2.30. The van der Waals surface area contributed by atoms with Crippen LogP contribution in [0, 0.1) is 0 Å². The zero-order chi connectivity index (χ0) is 11.0. The van der Waals surface area contributed by atoms with Gasteiger partial charge in [-0.15, -0.1) is 0 Å². The van der Waals surface area contributed by atoms with Gasteiger partial charge in [0.25, 0.3) is 5.56 Å². The van der Waals surface area contributed by atoms with E-state index in [-0.39, 0.29) is 5.56 Å². The molecule has 0 bridgehead atoms. The summed E-state index contributed by atoms with van der Waals surface area (Å²) in [7, 11) is 0. The quantitative estimate of drug-likeness (QED) is 0.773. The fraction of sp³-hybridized carbons (Fsp3) is 0.364. The van der Waals surface area contributed by atoms with E-state index in [1.807, 2.05) is 0 Å². The molecule has 2 heterocycles. The monoisotopic (exact) mass is 217 g/mol. The van der Waals surface area contributed by atoms with Gasteiger partial charge in [-0.05, 0) is 12.8 Å². The highest BCUT2D eigenvalue weighted by atomic mass is 16.5. The zero-order valence-electron chi connectivity index (χ0n) is 8.67. The first-order chi connectivity index (χ1) is 7.84. The molecule has 82 valence electrons. The van der Waals surface area contributed by atoms with Crippen LogP contribution in [0.5, 0.6) is 0 Å². The normalized spacial score (nSPS) is 15.2. The van der Waals surface area contributed by atoms with Crippen molar-refractivity contribution in [2.75, 3.05) is 0 Å². The third-order valence-corrected chi connectivity index (χ3v) is 2.76. The van der Waals surface area contributed by atoms with E-state index in [1.54, 1.807) is 10.8 Å². The Hall–Kier alpha value is -1.91. The summed E-state index contributed by atoms with van der Waals surface area (Å²) in [5.41, 5.74) is 0.926. The number of rotatable bonds is 3. The minimum absolute atomic E-state index is 0.0575. The Kier molecular flexibility index (Phi) is 2.09. The van der Waals surface area contributed by atoms with E-state index in [4.69, 9.17) is 4.52 Å². The van der Waals surface area contributed by atoms with Gasteiger partial charge in [0.2, 0.25) is 0 Å². The molecule has 1 aliphatic rings. The van der Waals surface area contributed by atoms with Crippen LogP contribution in [0.4, 0.5) is 0 Å². The summed E-state index contributed by atoms with van der Waals surface area (Å²) in [4.78, 5) is 15.4. The van der Waals surface area contributed by atoms with Gasteiger partial charge in [0.15, 0.2) is 0 Å². The maximum atomic E-state index is 11.5. The summed E-state index contributed by atoms with van der Waals surface area (Å²) in [6.45, 7) is 0.488. The van der Waals surface area contributed by atoms with Gasteiger partial charge in [-0.25, -0.2) is 4.98 Å². The van der Waals surface area contributed by atoms with E-state index in [9.17, 15) is 4.79 Å². The summed E-state index contributed by atoms with van der Waals surface area (Å²) in [6, 6.07) is 1.45. The highest BCUT2D eigenvalue weighted by Crippen LogP contribution is 2.41. The SMILES string of the molecule is O=c1ccncn1Cc1cnoc1C1CC1. The average molecular weight is 217 g/mol. The van der Waals surface area contributed by atoms with E-state index in [0.29, 0.717) is 12.5 Å². The minimum Gasteiger partial charge on any atom is -0.361 e. The molecule has 2 aromatic rings. The Labute approximate surface area is 91.7 Å². The molecule has 0 saturated heterocycles. The van der Waals surface area contributed by atoms with Crippen LogP contribution in [-0.4, -0.2) is 14.7 Å². The first-order valence-electron chi connectivity index (χ1n) is 5.28. The van der Waals surface area contributed by atoms with Crippen molar-refractivity contribution in [3.05, 3.63) is 46.5 Å². The second-order valence-corrected chi connectivity index (χ2v) is 4.04. The third kappa shape index (κ3) is 1.64. The number of hydrogen-bond donors (Lipinski definition) is 0. The van der Waals surface area contributed by atoms with Crippen LogP contribution < -0.4 is 5.56 Å². The predicted octanol–water partition coefficient (Wildman–Crippen LogP) is 1.16. The van der Waals surface area contributed by atoms with Crippen LogP contribution in [0.3, 0.4) is 0 Å². The summed E-state index contributed by atoms with van der Waals surface area (Å²) >= 11 is 0. The van der Waals surface area contributed by atoms with E-state index >= 15 is 0 Å². The van der Waals surface area contributed by atoms with Gasteiger partial charge in [-0.3, -0.25) is 9.36 Å². The summed E-state index contributed by atoms with van der Waals surface area (Å²) in [5.74, 6) is 1.43. The van der Waals surface area contributed by atoms with Crippen molar-refractivity contribution in [1.29, 1.82) is 0 Å². The Balaban J connectivity index is 1.91. The van der Waals surface area contributed by atoms with Crippen molar-refractivity contribution in [2.24, 2.45) is 0 Å². The zero-order valence-corrected chi connectivity index (χ0v) is 8.67. The third-order valence-electron chi connectivity index (χ3n) is 2.76. The maximum Gasteiger partial charge on any atom is 0.253 e. The van der Waals surface area contributed by atoms with Gasteiger partial charge in [-0.2, -0.15) is 0 Å². The van der Waals surface area contributed by atoms with Gasteiger partial charge in [0, 0.05) is 23.7 Å². The Bertz CT molecular complexity index is 554. The summed E-state index contributed by atoms with van der Waals surface area (Å²) in [5, 5.41) is 3.80. The van der Waals surface area contributed by atoms with E-state index in [2.05, 4.69) is 10.1 Å². The topological polar surface area (TPSA) is 60.9 Å². The maximum absolute atomic E-state index is 11.5. The number of nitrogens with zero attached hydrogens (tertiary/aromatic N) is 3. The molecule has 1 aliphatic carbocycles. The van der Waals surface area contributed by atoms with Crippen molar-refractivity contribution < 1.29 is 4.52 Å². The van der Waals surface area contributed by atoms with Crippen LogP contribution in [0.1, 0.15) is 30.1 Å². The Morgan fingerprint density at radius 1 is 1.50 bits per heavy atom. The summed E-state index contributed by atoms with van der Waals surface area (Å²) in [6.07, 6.45) is 7.03. The van der Waals surface area contributed by atoms with Crippen molar-refractivity contribution in [3.63, 3.8) is 0 Å². The molecule has 1 saturated carbocycles. The lowest BCUT2D eigenvalue weighted by molar-refractivity contribution is 0.382. The Morgan fingerprint density at radius 2 is 2.38 bits per heavy atom. The largest absolute Gasteiger partial charge is 0.361 e. The van der Waals surface area contributed by atoms with Gasteiger partial charge in [0.1, 0.15) is 5.76 Å². The van der Waals surface area contributed by atoms with Crippen LogP contribution in [-0.2, 0) is 6.54 Å². The van der Waals surface area contributed by atoms with Crippen molar-refractivity contribution in [2.45, 2.75) is 25.3 Å². The minimum atomic E-state index is -0.0575. The number of hydrogen-bond acceptors (Lipinski definition) is 4. The molecule has 0 amide bonds. The van der Waals surface area contributed by atoms with Crippen molar-refractivity contribution >= 4 is 0 Å². The second kappa shape index (κ2) is 3.59. The smallest absolute Gasteiger partial charge is 0.253 e. The van der Waals surface area contributed by atoms with E-state index in [0.717, 1.165) is 24.2 Å². The molecule has 5 heteroatoms. The van der Waals surface area contributed by atoms with E-state index in [1.165, 1.54) is 18.6 Å². The molecular formula is C11H11N3O2. The second-order valence-electron chi connectivity index (χ2n) is 4.04. The molecule has 0 unspecified atom stereocenters. The first-order valence-corrected chi connectivity index (χ1v) is 5.28. The predicted molar refractivity (Wildman–Crippen MR) is 56.1 cm³/mol. The van der Waals surface area contributed by atoms with E-state index < -0.39 is 0 Å². The fourth-order valence-corrected chi connectivity index (χ4v) is 1.75. The van der Waals surface area contributed by atoms with Gasteiger partial charge in [-0.1, -0.05) is 5.16 Å². The molecule has 1 fully saturated rings. The standard InChI is InChI=1S/C11H11N3O2/c15-10-3-4-12-7-14(10)6-9-5-13-16-11(9)8-1-2-8/h3-5,7-8H,1-2,6H2. The van der Waals surface area contributed by atoms with Gasteiger partial charge in [0.05, 0.1) is 19.1 Å². The molecule has 0 atom stereocenters. The molecule has 0 spiro atoms. The fourth-order valence-electron chi connectivity index (χ4n) is 1.75. The van der Waals surface area contributed by atoms with Gasteiger partial charge < -0.3 is 4.52 Å². The lowest BCUT2D eigenvalue weighted by atomic mass is 10.2. The van der Waals surface area contributed by atoms with Crippen LogP contribution in [0.15, 0.2) is 34.1 Å². The highest BCUT2D eigenvalue weighted by molar-refractivity contribution is 5.21. The first kappa shape index (κ1) is 9.33. The molecular weight excluding hydrogens is 206 g/mol. The van der Waals surface area contributed by atoms with Crippen molar-refractivity contribution in [3.8, 4) is 0 Å². The molecule has 0 radical (unpaired) electrons. The van der Waals surface area contributed by atoms with Crippen molar-refractivity contribution in [1.82, 2.24) is 14.7 Å². The number of aromatic nitrogens is 3. The lowest BCUT2D eigenvalue weighted by Crippen LogP contribution is -2.19. The molecule has 16 heavy (non-hydrogen) atoms. The molecule has 0 aromatic carbocycles. The molecule has 0 N–H and O–H groups in total. The van der Waals surface area contributed by atoms with Crippen LogP contribution in [0.2, 0.25) is 0 Å². The molecule has 3 rings (SSSR count). The van der Waals surface area contributed by atoms with Gasteiger partial charge >= 0.3 is 0 Å². The van der Waals surface area contributed by atoms with Crippen LogP contribution in [0.25, 0.3) is 0 Å². The lowest BCUT2D eigenvalue weighted by Gasteiger charge is -2.02. The summed E-state index contributed by atoms with van der Waals surface area (Å²) < 4.78 is 6.77. The molecule has 0 aliphatic heterocycles. The average Bonchev–Trinajstić information content (AvgIpc) is 3.03. The molecule has 5 nitrogen and oxygen atoms in total. The molecule has 2 aromatic heterocycles. The van der Waals surface area contributed by atoms with Crippen LogP contribution >= 0.6 is 0 Å². The Morgan fingerprint density at radius 3 is 3.12 bits per heavy atom.